The number of carbonyl (C=O) groups is 2. The maximum Gasteiger partial charge on any atom is 0.239 e. The standard InChI is InChI=1S/C14H27N3O2/c1-3-7-17(10-13(18)16-2)14(19)9-11-5-4-6-12(15)8-11/h11-12H,3-10,15H2,1-2H3,(H,16,18). The van der Waals surface area contributed by atoms with Gasteiger partial charge in [-0.25, -0.2) is 0 Å². The van der Waals surface area contributed by atoms with Crippen LogP contribution in [0.2, 0.25) is 0 Å². The van der Waals surface area contributed by atoms with Crippen LogP contribution < -0.4 is 11.1 Å². The molecule has 0 radical (unpaired) electrons. The fourth-order valence-corrected chi connectivity index (χ4v) is 2.71. The van der Waals surface area contributed by atoms with Crippen LogP contribution in [0.5, 0.6) is 0 Å². The van der Waals surface area contributed by atoms with E-state index in [2.05, 4.69) is 5.32 Å². The van der Waals surface area contributed by atoms with Crippen LogP contribution in [-0.4, -0.2) is 42.9 Å². The summed E-state index contributed by atoms with van der Waals surface area (Å²) in [5, 5.41) is 2.57. The molecule has 0 aliphatic heterocycles. The quantitative estimate of drug-likeness (QED) is 0.751. The summed E-state index contributed by atoms with van der Waals surface area (Å²) in [5.41, 5.74) is 5.95. The molecular weight excluding hydrogens is 242 g/mol. The average Bonchev–Trinajstić information content (AvgIpc) is 2.38. The summed E-state index contributed by atoms with van der Waals surface area (Å²) in [6.07, 6.45) is 5.60. The molecule has 2 atom stereocenters. The van der Waals surface area contributed by atoms with Gasteiger partial charge in [-0.1, -0.05) is 13.3 Å². The Morgan fingerprint density at radius 3 is 2.68 bits per heavy atom. The molecule has 0 aromatic carbocycles. The van der Waals surface area contributed by atoms with Crippen LogP contribution in [0.3, 0.4) is 0 Å². The first kappa shape index (κ1) is 16.0. The first-order valence-electron chi connectivity index (χ1n) is 7.30. The molecule has 19 heavy (non-hydrogen) atoms. The minimum atomic E-state index is -0.109. The van der Waals surface area contributed by atoms with Gasteiger partial charge in [-0.15, -0.1) is 0 Å². The van der Waals surface area contributed by atoms with Crippen LogP contribution in [0.15, 0.2) is 0 Å². The van der Waals surface area contributed by atoms with E-state index in [4.69, 9.17) is 5.73 Å². The molecule has 1 rings (SSSR count). The van der Waals surface area contributed by atoms with Gasteiger partial charge >= 0.3 is 0 Å². The van der Waals surface area contributed by atoms with Gasteiger partial charge in [-0.2, -0.15) is 0 Å². The highest BCUT2D eigenvalue weighted by molar-refractivity contribution is 5.84. The summed E-state index contributed by atoms with van der Waals surface area (Å²) in [6.45, 7) is 2.83. The molecule has 1 aliphatic rings. The van der Waals surface area contributed by atoms with Crippen molar-refractivity contribution in [1.29, 1.82) is 0 Å². The molecule has 0 spiro atoms. The Bertz CT molecular complexity index is 307. The highest BCUT2D eigenvalue weighted by atomic mass is 16.2. The van der Waals surface area contributed by atoms with Gasteiger partial charge in [0.15, 0.2) is 0 Å². The van der Waals surface area contributed by atoms with Crippen LogP contribution >= 0.6 is 0 Å². The molecule has 2 unspecified atom stereocenters. The number of carbonyl (C=O) groups excluding carboxylic acids is 2. The molecule has 2 amide bonds. The highest BCUT2D eigenvalue weighted by Crippen LogP contribution is 2.26. The molecule has 0 aromatic rings. The lowest BCUT2D eigenvalue weighted by atomic mass is 9.84. The second-order valence-electron chi connectivity index (χ2n) is 5.49. The lowest BCUT2D eigenvalue weighted by Gasteiger charge is -2.28. The van der Waals surface area contributed by atoms with Crippen LogP contribution in [-0.2, 0) is 9.59 Å². The van der Waals surface area contributed by atoms with Crippen molar-refractivity contribution in [2.24, 2.45) is 11.7 Å². The van der Waals surface area contributed by atoms with E-state index >= 15 is 0 Å². The van der Waals surface area contributed by atoms with Crippen LogP contribution in [0.1, 0.15) is 45.4 Å². The number of likely N-dealkylation sites (N-methyl/N-ethyl adjacent to an activating group) is 1. The Labute approximate surface area is 115 Å². The van der Waals surface area contributed by atoms with Crippen molar-refractivity contribution in [2.45, 2.75) is 51.5 Å². The first-order valence-corrected chi connectivity index (χ1v) is 7.30. The van der Waals surface area contributed by atoms with Crippen molar-refractivity contribution in [3.8, 4) is 0 Å². The third-order valence-corrected chi connectivity index (χ3v) is 3.75. The number of nitrogens with two attached hydrogens (primary N) is 1. The molecule has 0 aromatic heterocycles. The van der Waals surface area contributed by atoms with Crippen LogP contribution in [0.25, 0.3) is 0 Å². The van der Waals surface area contributed by atoms with E-state index in [1.54, 1.807) is 11.9 Å². The molecule has 5 heteroatoms. The van der Waals surface area contributed by atoms with E-state index in [-0.39, 0.29) is 24.4 Å². The fraction of sp³-hybridized carbons (Fsp3) is 0.857. The second-order valence-corrected chi connectivity index (χ2v) is 5.49. The number of amides is 2. The summed E-state index contributed by atoms with van der Waals surface area (Å²) in [7, 11) is 1.59. The van der Waals surface area contributed by atoms with Gasteiger partial charge in [-0.3, -0.25) is 9.59 Å². The second kappa shape index (κ2) is 8.15. The van der Waals surface area contributed by atoms with Crippen molar-refractivity contribution in [3.63, 3.8) is 0 Å². The van der Waals surface area contributed by atoms with Gasteiger partial charge in [-0.05, 0) is 31.6 Å². The minimum absolute atomic E-state index is 0.0875. The zero-order valence-electron chi connectivity index (χ0n) is 12.2. The van der Waals surface area contributed by atoms with E-state index < -0.39 is 0 Å². The average molecular weight is 269 g/mol. The monoisotopic (exact) mass is 269 g/mol. The Morgan fingerprint density at radius 1 is 1.37 bits per heavy atom. The van der Waals surface area contributed by atoms with Crippen molar-refractivity contribution in [1.82, 2.24) is 10.2 Å². The van der Waals surface area contributed by atoms with Gasteiger partial charge in [0.2, 0.25) is 11.8 Å². The minimum Gasteiger partial charge on any atom is -0.358 e. The number of nitrogens with zero attached hydrogens (tertiary/aromatic N) is 1. The van der Waals surface area contributed by atoms with E-state index in [1.165, 1.54) is 0 Å². The van der Waals surface area contributed by atoms with Crippen molar-refractivity contribution in [3.05, 3.63) is 0 Å². The number of rotatable bonds is 6. The van der Waals surface area contributed by atoms with E-state index in [0.29, 0.717) is 18.9 Å². The molecule has 5 nitrogen and oxygen atoms in total. The van der Waals surface area contributed by atoms with Crippen molar-refractivity contribution >= 4 is 11.8 Å². The largest absolute Gasteiger partial charge is 0.358 e. The Balaban J connectivity index is 2.48. The SMILES string of the molecule is CCCN(CC(=O)NC)C(=O)CC1CCCC(N)C1. The third-order valence-electron chi connectivity index (χ3n) is 3.75. The molecule has 1 fully saturated rings. The Kier molecular flexibility index (Phi) is 6.84. The van der Waals surface area contributed by atoms with Crippen molar-refractivity contribution < 1.29 is 9.59 Å². The van der Waals surface area contributed by atoms with Gasteiger partial charge in [0.25, 0.3) is 0 Å². The smallest absolute Gasteiger partial charge is 0.239 e. The predicted octanol–water partition coefficient (Wildman–Crippen LogP) is 0.879. The van der Waals surface area contributed by atoms with Gasteiger partial charge in [0.1, 0.15) is 0 Å². The lowest BCUT2D eigenvalue weighted by Crippen LogP contribution is -2.41. The van der Waals surface area contributed by atoms with Gasteiger partial charge in [0, 0.05) is 26.1 Å². The Morgan fingerprint density at radius 2 is 2.11 bits per heavy atom. The molecule has 3 N–H and O–H groups in total. The predicted molar refractivity (Wildman–Crippen MR) is 75.5 cm³/mol. The summed E-state index contributed by atoms with van der Waals surface area (Å²) >= 11 is 0. The zero-order chi connectivity index (χ0) is 14.3. The highest BCUT2D eigenvalue weighted by Gasteiger charge is 2.24. The fourth-order valence-electron chi connectivity index (χ4n) is 2.71. The molecular formula is C14H27N3O2. The first-order chi connectivity index (χ1) is 9.06. The van der Waals surface area contributed by atoms with E-state index in [0.717, 1.165) is 32.1 Å². The van der Waals surface area contributed by atoms with Crippen LogP contribution in [0.4, 0.5) is 0 Å². The normalized spacial score (nSPS) is 22.9. The molecule has 0 heterocycles. The summed E-state index contributed by atoms with van der Waals surface area (Å²) in [6, 6.07) is 0.241. The number of nitrogens with one attached hydrogen (secondary N) is 1. The van der Waals surface area contributed by atoms with E-state index in [9.17, 15) is 9.59 Å². The Hall–Kier alpha value is -1.10. The molecule has 1 saturated carbocycles. The third kappa shape index (κ3) is 5.59. The van der Waals surface area contributed by atoms with Gasteiger partial charge < -0.3 is 16.0 Å². The van der Waals surface area contributed by atoms with Crippen LogP contribution in [0, 0.1) is 5.92 Å². The zero-order valence-corrected chi connectivity index (χ0v) is 12.2. The molecule has 110 valence electrons. The van der Waals surface area contributed by atoms with E-state index in [1.807, 2.05) is 6.92 Å². The number of hydrogen-bond acceptors (Lipinski definition) is 3. The molecule has 1 aliphatic carbocycles. The number of hydrogen-bond donors (Lipinski definition) is 2. The topological polar surface area (TPSA) is 75.4 Å². The summed E-state index contributed by atoms with van der Waals surface area (Å²) in [4.78, 5) is 25.4. The van der Waals surface area contributed by atoms with Crippen molar-refractivity contribution in [2.75, 3.05) is 20.1 Å². The lowest BCUT2D eigenvalue weighted by molar-refractivity contribution is -0.137. The molecule has 0 saturated heterocycles. The van der Waals surface area contributed by atoms with Gasteiger partial charge in [0.05, 0.1) is 6.54 Å². The molecule has 0 bridgehead atoms. The maximum atomic E-state index is 12.3. The summed E-state index contributed by atoms with van der Waals surface area (Å²) in [5.74, 6) is 0.368. The maximum absolute atomic E-state index is 12.3. The summed E-state index contributed by atoms with van der Waals surface area (Å²) < 4.78 is 0.